The van der Waals surface area contributed by atoms with Gasteiger partial charge in [-0.15, -0.1) is 0 Å². The molecular weight excluding hydrogens is 467 g/mol. The summed E-state index contributed by atoms with van der Waals surface area (Å²) in [6, 6.07) is 7.29. The van der Waals surface area contributed by atoms with Crippen molar-refractivity contribution in [3.8, 4) is 5.75 Å². The lowest BCUT2D eigenvalue weighted by atomic mass is 9.96. The summed E-state index contributed by atoms with van der Waals surface area (Å²) in [5, 5.41) is 16.3. The molecule has 0 spiro atoms. The number of carbonyl (C=O) groups is 1. The number of benzene rings is 2. The normalized spacial score (nSPS) is 11.0. The number of rotatable bonds is 14. The summed E-state index contributed by atoms with van der Waals surface area (Å²) in [6.07, 6.45) is 13.3. The Morgan fingerprint density at radius 1 is 0.853 bits per heavy atom. The van der Waals surface area contributed by atoms with Gasteiger partial charge >= 0.3 is 6.03 Å². The number of hydrogen-bond acceptors (Lipinski definition) is 2. The van der Waals surface area contributed by atoms with Crippen LogP contribution >= 0.6 is 23.2 Å². The van der Waals surface area contributed by atoms with Gasteiger partial charge in [-0.05, 0) is 67.1 Å². The Labute approximate surface area is 215 Å². The molecule has 0 fully saturated rings. The third kappa shape index (κ3) is 9.76. The molecule has 188 valence electrons. The fourth-order valence-electron chi connectivity index (χ4n) is 4.25. The Morgan fingerprint density at radius 2 is 1.41 bits per heavy atom. The van der Waals surface area contributed by atoms with Gasteiger partial charge in [0.1, 0.15) is 0 Å². The van der Waals surface area contributed by atoms with Crippen LogP contribution in [0.4, 0.5) is 10.5 Å². The van der Waals surface area contributed by atoms with E-state index in [2.05, 4.69) is 23.6 Å². The van der Waals surface area contributed by atoms with Crippen LogP contribution in [-0.4, -0.2) is 17.7 Å². The fourth-order valence-corrected chi connectivity index (χ4v) is 4.78. The van der Waals surface area contributed by atoms with Crippen LogP contribution in [0.15, 0.2) is 24.3 Å². The molecule has 0 radical (unpaired) electrons. The Balaban J connectivity index is 1.82. The summed E-state index contributed by atoms with van der Waals surface area (Å²) < 4.78 is 0. The van der Waals surface area contributed by atoms with Crippen molar-refractivity contribution in [1.82, 2.24) is 5.32 Å². The van der Waals surface area contributed by atoms with Crippen LogP contribution in [0.25, 0.3) is 0 Å². The SMILES string of the molecule is CCCCCCCCCCCCNC(=O)Nc1cc(C)cc(C)c1Cc1cc(Cl)c(O)c(Cl)c1. The van der Waals surface area contributed by atoms with Crippen molar-refractivity contribution in [3.63, 3.8) is 0 Å². The van der Waals surface area contributed by atoms with E-state index < -0.39 is 0 Å². The summed E-state index contributed by atoms with van der Waals surface area (Å²) in [5.41, 5.74) is 4.79. The molecule has 0 atom stereocenters. The molecule has 4 nitrogen and oxygen atoms in total. The highest BCUT2D eigenvalue weighted by Crippen LogP contribution is 2.34. The van der Waals surface area contributed by atoms with Crippen LogP contribution in [-0.2, 0) is 6.42 Å². The molecule has 6 heteroatoms. The predicted octanol–water partition coefficient (Wildman–Crippen LogP) is 8.95. The molecule has 0 unspecified atom stereocenters. The summed E-state index contributed by atoms with van der Waals surface area (Å²) in [4.78, 5) is 12.6. The summed E-state index contributed by atoms with van der Waals surface area (Å²) in [7, 11) is 0. The first-order valence-corrected chi connectivity index (χ1v) is 13.4. The van der Waals surface area contributed by atoms with E-state index in [9.17, 15) is 9.90 Å². The molecule has 0 aliphatic rings. The number of nitrogens with one attached hydrogen (secondary N) is 2. The van der Waals surface area contributed by atoms with Crippen molar-refractivity contribution in [3.05, 3.63) is 56.6 Å². The third-order valence-corrected chi connectivity index (χ3v) is 6.72. The summed E-state index contributed by atoms with van der Waals surface area (Å²) >= 11 is 12.2. The number of aromatic hydroxyl groups is 1. The van der Waals surface area contributed by atoms with Crippen molar-refractivity contribution in [2.24, 2.45) is 0 Å². The number of phenolic OH excluding ortho intramolecular Hbond substituents is 1. The van der Waals surface area contributed by atoms with Crippen LogP contribution < -0.4 is 10.6 Å². The van der Waals surface area contributed by atoms with Crippen molar-refractivity contribution < 1.29 is 9.90 Å². The van der Waals surface area contributed by atoms with E-state index in [-0.39, 0.29) is 21.8 Å². The lowest BCUT2D eigenvalue weighted by molar-refractivity contribution is 0.252. The van der Waals surface area contributed by atoms with E-state index in [0.29, 0.717) is 13.0 Å². The van der Waals surface area contributed by atoms with Crippen LogP contribution in [0.5, 0.6) is 5.75 Å². The molecule has 0 aliphatic carbocycles. The smallest absolute Gasteiger partial charge is 0.319 e. The minimum absolute atomic E-state index is 0.114. The van der Waals surface area contributed by atoms with E-state index in [1.54, 1.807) is 12.1 Å². The van der Waals surface area contributed by atoms with Crippen LogP contribution in [0.2, 0.25) is 10.0 Å². The van der Waals surface area contributed by atoms with Crippen molar-refractivity contribution in [2.75, 3.05) is 11.9 Å². The lowest BCUT2D eigenvalue weighted by Crippen LogP contribution is -2.30. The van der Waals surface area contributed by atoms with Gasteiger partial charge in [-0.2, -0.15) is 0 Å². The predicted molar refractivity (Wildman–Crippen MR) is 146 cm³/mol. The minimum Gasteiger partial charge on any atom is -0.505 e. The van der Waals surface area contributed by atoms with Gasteiger partial charge in [-0.25, -0.2) is 4.79 Å². The largest absolute Gasteiger partial charge is 0.505 e. The number of carbonyl (C=O) groups excluding carboxylic acids is 1. The Kier molecular flexibility index (Phi) is 12.6. The van der Waals surface area contributed by atoms with Crippen LogP contribution in [0.1, 0.15) is 93.4 Å². The molecule has 0 saturated carbocycles. The molecule has 0 aliphatic heterocycles. The Morgan fingerprint density at radius 3 is 2.00 bits per heavy atom. The zero-order valence-corrected chi connectivity index (χ0v) is 22.4. The minimum atomic E-state index is -0.191. The first kappa shape index (κ1) is 28.3. The first-order chi connectivity index (χ1) is 16.3. The van der Waals surface area contributed by atoms with E-state index >= 15 is 0 Å². The maximum atomic E-state index is 12.6. The van der Waals surface area contributed by atoms with Gasteiger partial charge in [0, 0.05) is 12.2 Å². The molecule has 3 N–H and O–H groups in total. The maximum Gasteiger partial charge on any atom is 0.319 e. The lowest BCUT2D eigenvalue weighted by Gasteiger charge is -2.16. The second-order valence-corrected chi connectivity index (χ2v) is 10.1. The van der Waals surface area contributed by atoms with E-state index in [0.717, 1.165) is 40.8 Å². The van der Waals surface area contributed by atoms with Crippen molar-refractivity contribution in [1.29, 1.82) is 0 Å². The topological polar surface area (TPSA) is 61.4 Å². The van der Waals surface area contributed by atoms with Gasteiger partial charge in [0.05, 0.1) is 10.0 Å². The molecule has 0 heterocycles. The average molecular weight is 508 g/mol. The molecule has 2 aromatic rings. The van der Waals surface area contributed by atoms with Gasteiger partial charge in [0.2, 0.25) is 0 Å². The zero-order chi connectivity index (χ0) is 24.9. The molecule has 0 saturated heterocycles. The molecule has 2 rings (SSSR count). The van der Waals surface area contributed by atoms with Gasteiger partial charge < -0.3 is 15.7 Å². The number of unbranched alkanes of at least 4 members (excludes halogenated alkanes) is 9. The standard InChI is InChI=1S/C28H40Cl2N2O2/c1-4-5-6-7-8-9-10-11-12-13-14-31-28(34)32-26-16-20(2)15-21(3)23(26)17-22-18-24(29)27(33)25(30)19-22/h15-16,18-19,33H,4-14,17H2,1-3H3,(H2,31,32,34). The van der Waals surface area contributed by atoms with E-state index in [4.69, 9.17) is 23.2 Å². The number of amides is 2. The fraction of sp³-hybridized carbons (Fsp3) is 0.536. The molecule has 0 bridgehead atoms. The molecule has 34 heavy (non-hydrogen) atoms. The highest BCUT2D eigenvalue weighted by Gasteiger charge is 2.13. The average Bonchev–Trinajstić information content (AvgIpc) is 2.78. The number of anilines is 1. The van der Waals surface area contributed by atoms with Crippen LogP contribution in [0.3, 0.4) is 0 Å². The highest BCUT2D eigenvalue weighted by atomic mass is 35.5. The van der Waals surface area contributed by atoms with Gasteiger partial charge in [0.25, 0.3) is 0 Å². The second kappa shape index (κ2) is 15.2. The Hall–Kier alpha value is -1.91. The van der Waals surface area contributed by atoms with Crippen molar-refractivity contribution >= 4 is 34.9 Å². The molecule has 2 amide bonds. The third-order valence-electron chi connectivity index (χ3n) is 6.14. The number of urea groups is 1. The Bertz CT molecular complexity index is 908. The molecule has 2 aromatic carbocycles. The summed E-state index contributed by atoms with van der Waals surface area (Å²) in [6.45, 7) is 6.96. The monoisotopic (exact) mass is 506 g/mol. The number of aryl methyl sites for hydroxylation is 2. The summed E-state index contributed by atoms with van der Waals surface area (Å²) in [5.74, 6) is -0.114. The maximum absolute atomic E-state index is 12.6. The molecule has 0 aromatic heterocycles. The second-order valence-electron chi connectivity index (χ2n) is 9.26. The quantitative estimate of drug-likeness (QED) is 0.224. The highest BCUT2D eigenvalue weighted by molar-refractivity contribution is 6.37. The van der Waals surface area contributed by atoms with Gasteiger partial charge in [-0.3, -0.25) is 0 Å². The first-order valence-electron chi connectivity index (χ1n) is 12.6. The van der Waals surface area contributed by atoms with E-state index in [1.807, 2.05) is 19.9 Å². The van der Waals surface area contributed by atoms with Crippen molar-refractivity contribution in [2.45, 2.75) is 91.4 Å². The van der Waals surface area contributed by atoms with Gasteiger partial charge in [0.15, 0.2) is 5.75 Å². The van der Waals surface area contributed by atoms with Crippen LogP contribution in [0, 0.1) is 13.8 Å². The number of halogens is 2. The van der Waals surface area contributed by atoms with E-state index in [1.165, 1.54) is 51.4 Å². The van der Waals surface area contributed by atoms with Gasteiger partial charge in [-0.1, -0.05) is 94.0 Å². The number of hydrogen-bond donors (Lipinski definition) is 3. The molecular formula is C28H40Cl2N2O2. The zero-order valence-electron chi connectivity index (χ0n) is 20.9. The number of phenols is 1.